The second kappa shape index (κ2) is 22.7. The van der Waals surface area contributed by atoms with Gasteiger partial charge in [0.05, 0.1) is 6.10 Å². The van der Waals surface area contributed by atoms with Crippen molar-refractivity contribution >= 4 is 23.7 Å². The van der Waals surface area contributed by atoms with Crippen LogP contribution in [0.25, 0.3) is 0 Å². The lowest BCUT2D eigenvalue weighted by atomic mass is 10.1. The van der Waals surface area contributed by atoms with Crippen LogP contribution in [0.2, 0.25) is 12.1 Å². The average Bonchev–Trinajstić information content (AvgIpc) is 2.96. The Labute approximate surface area is 251 Å². The Morgan fingerprint density at radius 1 is 0.900 bits per heavy atom. The fraction of sp³-hybridized carbons (Fsp3) is 0.788. The van der Waals surface area contributed by atoms with Crippen molar-refractivity contribution in [2.75, 3.05) is 33.1 Å². The van der Waals surface area contributed by atoms with Gasteiger partial charge in [-0.15, -0.1) is 0 Å². The number of nitrogens with zero attached hydrogens (tertiary/aromatic N) is 1. The Morgan fingerprint density at radius 3 is 2.27 bits per heavy atom. The smallest absolute Gasteiger partial charge is 0.222 e. The van der Waals surface area contributed by atoms with E-state index >= 15 is 0 Å². The number of ether oxygens (including phenoxy) is 3. The third kappa shape index (κ3) is 14.9. The first-order valence-electron chi connectivity index (χ1n) is 16.5. The molecular formula is C33H59NO4SSi. The molecule has 1 heterocycles. The lowest BCUT2D eigenvalue weighted by Crippen LogP contribution is -2.54. The molecule has 0 N–H and O–H groups in total. The standard InChI is InChI=1S/C33H59NO4SSi/c1-4-7-9-11-12-13-18-26-36-30-38-32-23-20-28-40(34(6-3)25-24-32,27-19-14-10-8-5-2)39-33(35)29-37-31-21-16-15-17-22-31/h15-17,21-22,32H,4-14,18-20,23-30H2,1-3H3. The van der Waals surface area contributed by atoms with Crippen LogP contribution in [0.15, 0.2) is 30.3 Å². The second-order valence-corrected chi connectivity index (χ2v) is 18.5. The summed E-state index contributed by atoms with van der Waals surface area (Å²) in [5, 5.41) is 0.190. The molecule has 0 radical (unpaired) electrons. The zero-order chi connectivity index (χ0) is 28.7. The van der Waals surface area contributed by atoms with Crippen LogP contribution in [0.1, 0.15) is 117 Å². The van der Waals surface area contributed by atoms with Crippen molar-refractivity contribution in [3.8, 4) is 5.75 Å². The molecule has 0 bridgehead atoms. The summed E-state index contributed by atoms with van der Waals surface area (Å²) >= 11 is 1.68. The molecule has 1 saturated heterocycles. The van der Waals surface area contributed by atoms with Crippen molar-refractivity contribution < 1.29 is 19.0 Å². The summed E-state index contributed by atoms with van der Waals surface area (Å²) in [7, 11) is -2.02. The minimum absolute atomic E-state index is 0.151. The minimum atomic E-state index is -2.02. The molecule has 0 amide bonds. The van der Waals surface area contributed by atoms with Crippen molar-refractivity contribution in [2.45, 2.75) is 135 Å². The molecule has 2 atom stereocenters. The van der Waals surface area contributed by atoms with E-state index in [2.05, 4.69) is 25.3 Å². The van der Waals surface area contributed by atoms with Crippen molar-refractivity contribution in [1.29, 1.82) is 0 Å². The molecule has 1 aromatic carbocycles. The van der Waals surface area contributed by atoms with Gasteiger partial charge >= 0.3 is 0 Å². The zero-order valence-electron chi connectivity index (χ0n) is 26.0. The van der Waals surface area contributed by atoms with Crippen LogP contribution in [0.3, 0.4) is 0 Å². The first-order valence-corrected chi connectivity index (χ1v) is 20.4. The topological polar surface area (TPSA) is 48.0 Å². The molecular weight excluding hydrogens is 535 g/mol. The van der Waals surface area contributed by atoms with E-state index < -0.39 is 7.38 Å². The maximum absolute atomic E-state index is 13.3. The number of para-hydroxylation sites is 1. The van der Waals surface area contributed by atoms with Crippen LogP contribution in [0.4, 0.5) is 0 Å². The van der Waals surface area contributed by atoms with E-state index in [1.807, 2.05) is 30.3 Å². The monoisotopic (exact) mass is 593 g/mol. The molecule has 1 aliphatic rings. The molecule has 7 heteroatoms. The molecule has 230 valence electrons. The van der Waals surface area contributed by atoms with E-state index in [-0.39, 0.29) is 17.8 Å². The largest absolute Gasteiger partial charge is 0.485 e. The quantitative estimate of drug-likeness (QED) is 0.0758. The highest BCUT2D eigenvalue weighted by atomic mass is 32.4. The Kier molecular flexibility index (Phi) is 20.1. The molecule has 0 aromatic heterocycles. The maximum Gasteiger partial charge on any atom is 0.222 e. The molecule has 0 aliphatic carbocycles. The highest BCUT2D eigenvalue weighted by Crippen LogP contribution is 2.39. The summed E-state index contributed by atoms with van der Waals surface area (Å²) in [5.41, 5.74) is 0. The number of carbonyl (C=O) groups excluding carboxylic acids is 1. The van der Waals surface area contributed by atoms with Crippen LogP contribution in [-0.4, -0.2) is 56.3 Å². The van der Waals surface area contributed by atoms with E-state index in [0.29, 0.717) is 6.79 Å². The van der Waals surface area contributed by atoms with Crippen molar-refractivity contribution in [2.24, 2.45) is 0 Å². The Morgan fingerprint density at radius 2 is 1.57 bits per heavy atom. The molecule has 2 rings (SSSR count). The van der Waals surface area contributed by atoms with Gasteiger partial charge in [-0.25, -0.2) is 0 Å². The molecule has 1 aromatic rings. The summed E-state index contributed by atoms with van der Waals surface area (Å²) in [5.74, 6) is 0.769. The third-order valence-electron chi connectivity index (χ3n) is 8.13. The molecule has 0 saturated carbocycles. The van der Waals surface area contributed by atoms with Gasteiger partial charge in [-0.1, -0.05) is 127 Å². The highest BCUT2D eigenvalue weighted by molar-refractivity contribution is 8.39. The van der Waals surface area contributed by atoms with Gasteiger partial charge in [0.25, 0.3) is 0 Å². The number of hydrogen-bond donors (Lipinski definition) is 0. The van der Waals surface area contributed by atoms with Crippen molar-refractivity contribution in [3.63, 3.8) is 0 Å². The lowest BCUT2D eigenvalue weighted by molar-refractivity contribution is -0.112. The SMILES string of the molecule is CCCCCCCCCOCOC1CCC[Si](CCCCCCC)(SC(=O)COc2ccccc2)N(CC)CC1. The molecule has 1 fully saturated rings. The summed E-state index contributed by atoms with van der Waals surface area (Å²) < 4.78 is 20.6. The number of carbonyl (C=O) groups is 1. The van der Waals surface area contributed by atoms with Crippen LogP contribution in [0, 0.1) is 0 Å². The number of benzene rings is 1. The minimum Gasteiger partial charge on any atom is -0.485 e. The molecule has 5 nitrogen and oxygen atoms in total. The normalized spacial score (nSPS) is 20.2. The van der Waals surface area contributed by atoms with Gasteiger partial charge in [-0.3, -0.25) is 4.79 Å². The van der Waals surface area contributed by atoms with E-state index in [9.17, 15) is 4.79 Å². The third-order valence-corrected chi connectivity index (χ3v) is 16.6. The predicted molar refractivity (Wildman–Crippen MR) is 173 cm³/mol. The van der Waals surface area contributed by atoms with Crippen molar-refractivity contribution in [1.82, 2.24) is 4.57 Å². The highest BCUT2D eigenvalue weighted by Gasteiger charge is 2.42. The molecule has 0 spiro atoms. The van der Waals surface area contributed by atoms with Crippen LogP contribution in [-0.2, 0) is 14.3 Å². The summed E-state index contributed by atoms with van der Waals surface area (Å²) in [6.07, 6.45) is 19.0. The van der Waals surface area contributed by atoms with Gasteiger partial charge in [-0.05, 0) is 56.6 Å². The van der Waals surface area contributed by atoms with Gasteiger partial charge < -0.3 is 18.8 Å². The number of rotatable bonds is 22. The van der Waals surface area contributed by atoms with Gasteiger partial charge in [-0.2, -0.15) is 0 Å². The van der Waals surface area contributed by atoms with E-state index in [1.165, 1.54) is 76.7 Å². The van der Waals surface area contributed by atoms with Gasteiger partial charge in [0, 0.05) is 6.61 Å². The van der Waals surface area contributed by atoms with E-state index in [4.69, 9.17) is 14.2 Å². The summed E-state index contributed by atoms with van der Waals surface area (Å²) in [4.78, 5) is 13.3. The zero-order valence-corrected chi connectivity index (χ0v) is 27.8. The first-order chi connectivity index (χ1) is 19.6. The van der Waals surface area contributed by atoms with Crippen LogP contribution in [0.5, 0.6) is 5.75 Å². The average molecular weight is 594 g/mol. The van der Waals surface area contributed by atoms with Crippen LogP contribution < -0.4 is 4.74 Å². The maximum atomic E-state index is 13.3. The predicted octanol–water partition coefficient (Wildman–Crippen LogP) is 9.35. The van der Waals surface area contributed by atoms with Crippen molar-refractivity contribution in [3.05, 3.63) is 30.3 Å². The second-order valence-electron chi connectivity index (χ2n) is 11.4. The fourth-order valence-corrected chi connectivity index (χ4v) is 14.1. The lowest BCUT2D eigenvalue weighted by Gasteiger charge is -2.43. The van der Waals surface area contributed by atoms with Crippen LogP contribution >= 0.6 is 11.2 Å². The van der Waals surface area contributed by atoms with Gasteiger partial charge in [0.15, 0.2) is 14.0 Å². The summed E-state index contributed by atoms with van der Waals surface area (Å²) in [6, 6.07) is 12.1. The Bertz CT molecular complexity index is 755. The van der Waals surface area contributed by atoms with Gasteiger partial charge in [0.2, 0.25) is 5.12 Å². The molecule has 2 unspecified atom stereocenters. The molecule has 1 aliphatic heterocycles. The fourth-order valence-electron chi connectivity index (χ4n) is 5.74. The van der Waals surface area contributed by atoms with Gasteiger partial charge in [0.1, 0.15) is 12.5 Å². The number of unbranched alkanes of at least 4 members (excludes halogenated alkanes) is 10. The first kappa shape index (κ1) is 35.3. The number of hydrogen-bond acceptors (Lipinski definition) is 6. The van der Waals surface area contributed by atoms with E-state index in [0.717, 1.165) is 57.2 Å². The van der Waals surface area contributed by atoms with E-state index in [1.54, 1.807) is 11.2 Å². The molecule has 40 heavy (non-hydrogen) atoms. The Hall–Kier alpha value is -0.863. The summed E-state index contributed by atoms with van der Waals surface area (Å²) in [6.45, 7) is 10.2. The Balaban J connectivity index is 1.84.